The highest BCUT2D eigenvalue weighted by Crippen LogP contribution is 2.64. The average Bonchev–Trinajstić information content (AvgIpc) is 3.05. The summed E-state index contributed by atoms with van der Waals surface area (Å²) in [5, 5.41) is 0. The maximum atomic E-state index is 13.9. The second-order valence-electron chi connectivity index (χ2n) is 8.51. The zero-order chi connectivity index (χ0) is 21.5. The SMILES string of the molecule is CC(=O)C12c3ccccc3C(c3ccccc31)[C@@H]1C(=O)N(c3ccc(Br)cc3)C(=O)[C@@H]12. The summed E-state index contributed by atoms with van der Waals surface area (Å²) < 4.78 is 0.868. The largest absolute Gasteiger partial charge is 0.299 e. The lowest BCUT2D eigenvalue weighted by atomic mass is 9.46. The number of anilines is 1. The summed E-state index contributed by atoms with van der Waals surface area (Å²) in [6, 6.07) is 22.8. The molecule has 0 N–H and O–H groups in total. The molecule has 3 aromatic carbocycles. The summed E-state index contributed by atoms with van der Waals surface area (Å²) in [5.74, 6) is -2.19. The van der Waals surface area contributed by atoms with E-state index in [-0.39, 0.29) is 23.5 Å². The Morgan fingerprint density at radius 2 is 1.39 bits per heavy atom. The number of rotatable bonds is 2. The van der Waals surface area contributed by atoms with Gasteiger partial charge in [-0.15, -0.1) is 0 Å². The predicted octanol–water partition coefficient (Wildman–Crippen LogP) is 4.59. The Balaban J connectivity index is 1.67. The van der Waals surface area contributed by atoms with E-state index in [1.54, 1.807) is 19.1 Å². The Labute approximate surface area is 188 Å². The molecule has 5 heteroatoms. The van der Waals surface area contributed by atoms with Crippen molar-refractivity contribution in [3.8, 4) is 0 Å². The third-order valence-corrected chi connectivity index (χ3v) is 7.79. The Morgan fingerprint density at radius 1 is 0.839 bits per heavy atom. The van der Waals surface area contributed by atoms with Gasteiger partial charge in [-0.1, -0.05) is 64.5 Å². The quantitative estimate of drug-likeness (QED) is 0.513. The van der Waals surface area contributed by atoms with Crippen LogP contribution in [0.4, 0.5) is 5.69 Å². The minimum Gasteiger partial charge on any atom is -0.299 e. The fraction of sp³-hybridized carbons (Fsp3) is 0.192. The van der Waals surface area contributed by atoms with Crippen molar-refractivity contribution in [2.24, 2.45) is 11.8 Å². The first-order valence-electron chi connectivity index (χ1n) is 10.3. The van der Waals surface area contributed by atoms with Crippen LogP contribution in [0, 0.1) is 11.8 Å². The van der Waals surface area contributed by atoms with Crippen LogP contribution in [0.2, 0.25) is 0 Å². The van der Waals surface area contributed by atoms with Crippen LogP contribution in [-0.4, -0.2) is 17.6 Å². The molecule has 2 bridgehead atoms. The molecule has 31 heavy (non-hydrogen) atoms. The number of hydrogen-bond acceptors (Lipinski definition) is 3. The highest BCUT2D eigenvalue weighted by Gasteiger charge is 2.69. The molecule has 0 spiro atoms. The van der Waals surface area contributed by atoms with E-state index in [1.807, 2.05) is 60.7 Å². The molecule has 1 saturated heterocycles. The van der Waals surface area contributed by atoms with Crippen LogP contribution < -0.4 is 4.90 Å². The van der Waals surface area contributed by atoms with E-state index in [9.17, 15) is 14.4 Å². The molecular formula is C26H18BrNO3. The Bertz CT molecular complexity index is 1250. The van der Waals surface area contributed by atoms with E-state index >= 15 is 0 Å². The zero-order valence-electron chi connectivity index (χ0n) is 16.7. The number of imide groups is 1. The van der Waals surface area contributed by atoms with Crippen molar-refractivity contribution in [1.29, 1.82) is 0 Å². The molecule has 0 unspecified atom stereocenters. The van der Waals surface area contributed by atoms with E-state index in [4.69, 9.17) is 0 Å². The van der Waals surface area contributed by atoms with Gasteiger partial charge in [-0.25, -0.2) is 4.90 Å². The van der Waals surface area contributed by atoms with Gasteiger partial charge in [-0.05, 0) is 53.4 Å². The van der Waals surface area contributed by atoms with Crippen molar-refractivity contribution < 1.29 is 14.4 Å². The molecule has 3 aliphatic carbocycles. The van der Waals surface area contributed by atoms with E-state index in [0.29, 0.717) is 5.69 Å². The van der Waals surface area contributed by atoms with Gasteiger partial charge in [0.2, 0.25) is 11.8 Å². The summed E-state index contributed by atoms with van der Waals surface area (Å²) in [7, 11) is 0. The van der Waals surface area contributed by atoms with Gasteiger partial charge in [0.25, 0.3) is 0 Å². The van der Waals surface area contributed by atoms with Gasteiger partial charge in [0.1, 0.15) is 5.78 Å². The summed E-state index contributed by atoms with van der Waals surface area (Å²) in [4.78, 5) is 42.5. The molecule has 3 aromatic rings. The Morgan fingerprint density at radius 3 is 1.94 bits per heavy atom. The third-order valence-electron chi connectivity index (χ3n) is 7.26. The highest BCUT2D eigenvalue weighted by molar-refractivity contribution is 9.10. The molecule has 7 rings (SSSR count). The predicted molar refractivity (Wildman–Crippen MR) is 120 cm³/mol. The van der Waals surface area contributed by atoms with Gasteiger partial charge in [0, 0.05) is 10.4 Å². The van der Waals surface area contributed by atoms with Gasteiger partial charge in [0.05, 0.1) is 22.9 Å². The zero-order valence-corrected chi connectivity index (χ0v) is 18.3. The summed E-state index contributed by atoms with van der Waals surface area (Å²) in [5.41, 5.74) is 3.09. The van der Waals surface area contributed by atoms with Crippen LogP contribution in [0.15, 0.2) is 77.3 Å². The summed E-state index contributed by atoms with van der Waals surface area (Å²) in [6.07, 6.45) is 0. The number of benzene rings is 3. The van der Waals surface area contributed by atoms with E-state index < -0.39 is 17.3 Å². The number of halogens is 1. The van der Waals surface area contributed by atoms with Crippen LogP contribution in [0.3, 0.4) is 0 Å². The average molecular weight is 472 g/mol. The minimum atomic E-state index is -1.15. The van der Waals surface area contributed by atoms with Crippen LogP contribution in [0.1, 0.15) is 35.1 Å². The van der Waals surface area contributed by atoms with Gasteiger partial charge in [-0.3, -0.25) is 14.4 Å². The van der Waals surface area contributed by atoms with Crippen molar-refractivity contribution >= 4 is 39.2 Å². The molecule has 4 aliphatic rings. The second kappa shape index (κ2) is 6.24. The van der Waals surface area contributed by atoms with Gasteiger partial charge >= 0.3 is 0 Å². The lowest BCUT2D eigenvalue weighted by molar-refractivity contribution is -0.132. The van der Waals surface area contributed by atoms with Crippen LogP contribution in [0.5, 0.6) is 0 Å². The number of nitrogens with zero attached hydrogens (tertiary/aromatic N) is 1. The van der Waals surface area contributed by atoms with Crippen molar-refractivity contribution in [2.45, 2.75) is 18.3 Å². The van der Waals surface area contributed by atoms with E-state index in [1.165, 1.54) is 4.90 Å². The van der Waals surface area contributed by atoms with Crippen molar-refractivity contribution in [3.05, 3.63) is 99.5 Å². The van der Waals surface area contributed by atoms with Crippen molar-refractivity contribution in [2.75, 3.05) is 4.90 Å². The molecule has 4 nitrogen and oxygen atoms in total. The first kappa shape index (κ1) is 18.7. The molecule has 1 aliphatic heterocycles. The van der Waals surface area contributed by atoms with Crippen LogP contribution in [0.25, 0.3) is 0 Å². The van der Waals surface area contributed by atoms with Crippen LogP contribution in [-0.2, 0) is 19.8 Å². The first-order chi connectivity index (χ1) is 15.0. The maximum absolute atomic E-state index is 13.9. The molecular weight excluding hydrogens is 454 g/mol. The number of ketones is 1. The van der Waals surface area contributed by atoms with Gasteiger partial charge in [-0.2, -0.15) is 0 Å². The molecule has 2 atom stereocenters. The number of carbonyl (C=O) groups is 3. The van der Waals surface area contributed by atoms with E-state index in [2.05, 4.69) is 15.9 Å². The molecule has 1 heterocycles. The fourth-order valence-corrected chi connectivity index (χ4v) is 6.48. The first-order valence-corrected chi connectivity index (χ1v) is 11.1. The lowest BCUT2D eigenvalue weighted by Gasteiger charge is -2.52. The van der Waals surface area contributed by atoms with Crippen molar-refractivity contribution in [3.63, 3.8) is 0 Å². The Hall–Kier alpha value is -3.05. The molecule has 0 saturated carbocycles. The summed E-state index contributed by atoms with van der Waals surface area (Å²) >= 11 is 3.41. The minimum absolute atomic E-state index is 0.0978. The standard InChI is InChI=1S/C26H18BrNO3/c1-14(29)26-19-8-4-2-6-17(19)21(18-7-3-5-9-20(18)26)22-23(26)25(31)28(24(22)30)16-12-10-15(27)11-13-16/h2-13,21-23H,1H3/t21?,22-,23+,26?/m0/s1. The number of hydrogen-bond donors (Lipinski definition) is 0. The van der Waals surface area contributed by atoms with Crippen molar-refractivity contribution in [1.82, 2.24) is 0 Å². The molecule has 0 aromatic heterocycles. The van der Waals surface area contributed by atoms with Gasteiger partial charge < -0.3 is 0 Å². The molecule has 0 radical (unpaired) electrons. The Kier molecular flexibility index (Phi) is 3.76. The molecule has 1 fully saturated rings. The summed E-state index contributed by atoms with van der Waals surface area (Å²) in [6.45, 7) is 1.55. The third kappa shape index (κ3) is 2.12. The fourth-order valence-electron chi connectivity index (χ4n) is 6.21. The van der Waals surface area contributed by atoms with Gasteiger partial charge in [0.15, 0.2) is 0 Å². The number of Topliss-reactive ketones (excluding diaryl/α,β-unsaturated/α-hetero) is 1. The number of amides is 2. The maximum Gasteiger partial charge on any atom is 0.239 e. The topological polar surface area (TPSA) is 54.5 Å². The second-order valence-corrected chi connectivity index (χ2v) is 9.42. The molecule has 2 amide bonds. The van der Waals surface area contributed by atoms with Crippen LogP contribution >= 0.6 is 15.9 Å². The normalized spacial score (nSPS) is 27.7. The number of carbonyl (C=O) groups excluding carboxylic acids is 3. The van der Waals surface area contributed by atoms with E-state index in [0.717, 1.165) is 26.7 Å². The monoisotopic (exact) mass is 471 g/mol. The smallest absolute Gasteiger partial charge is 0.239 e. The highest BCUT2D eigenvalue weighted by atomic mass is 79.9. The lowest BCUT2D eigenvalue weighted by Crippen LogP contribution is -2.57. The molecule has 152 valence electrons.